The smallest absolute Gasteiger partial charge is 0.249 e. The molecule has 3 heterocycles. The maximum absolute atomic E-state index is 12.4. The molecule has 0 radical (unpaired) electrons. The maximum atomic E-state index is 12.4. The van der Waals surface area contributed by atoms with E-state index in [2.05, 4.69) is 26.5 Å². The summed E-state index contributed by atoms with van der Waals surface area (Å²) >= 11 is 0. The number of piperidine rings is 1. The van der Waals surface area contributed by atoms with Gasteiger partial charge in [-0.15, -0.1) is 0 Å². The molecule has 1 aromatic carbocycles. The van der Waals surface area contributed by atoms with Gasteiger partial charge in [-0.25, -0.2) is 0 Å². The molecular weight excluding hydrogens is 320 g/mol. The first-order chi connectivity index (χ1) is 12.1. The fourth-order valence-electron chi connectivity index (χ4n) is 3.90. The van der Waals surface area contributed by atoms with E-state index >= 15 is 0 Å². The Morgan fingerprint density at radius 2 is 1.92 bits per heavy atom. The van der Waals surface area contributed by atoms with Gasteiger partial charge in [-0.1, -0.05) is 6.07 Å². The number of rotatable bonds is 2. The molecule has 0 spiro atoms. The fraction of sp³-hybridized carbons (Fsp3) is 0.556. The van der Waals surface area contributed by atoms with Gasteiger partial charge in [0.25, 0.3) is 0 Å². The molecule has 0 bridgehead atoms. The Bertz CT molecular complexity index is 687. The summed E-state index contributed by atoms with van der Waals surface area (Å²) < 4.78 is 6.19. The van der Waals surface area contributed by atoms with Gasteiger partial charge in [0.2, 0.25) is 11.8 Å². The molecule has 4 rings (SSSR count). The number of hydrogen-bond acceptors (Lipinski definition) is 6. The predicted octanol–water partition coefficient (Wildman–Crippen LogP) is 0.489. The zero-order chi connectivity index (χ0) is 17.4. The van der Waals surface area contributed by atoms with Crippen LogP contribution in [0.25, 0.3) is 0 Å². The van der Waals surface area contributed by atoms with Crippen LogP contribution in [0.4, 0.5) is 11.4 Å². The minimum Gasteiger partial charge on any atom is -0.485 e. The third-order valence-electron chi connectivity index (χ3n) is 5.10. The van der Waals surface area contributed by atoms with E-state index in [-0.39, 0.29) is 24.0 Å². The third-order valence-corrected chi connectivity index (χ3v) is 5.10. The van der Waals surface area contributed by atoms with Crippen LogP contribution in [0.2, 0.25) is 0 Å². The van der Waals surface area contributed by atoms with Crippen LogP contribution in [-0.2, 0) is 9.59 Å². The van der Waals surface area contributed by atoms with Gasteiger partial charge in [0.1, 0.15) is 12.1 Å². The van der Waals surface area contributed by atoms with Crippen molar-refractivity contribution in [2.75, 3.05) is 42.5 Å². The van der Waals surface area contributed by atoms with Crippen molar-refractivity contribution in [2.45, 2.75) is 31.9 Å². The van der Waals surface area contributed by atoms with Gasteiger partial charge >= 0.3 is 0 Å². The number of carbonyl (C=O) groups is 2. The molecule has 0 saturated carbocycles. The number of hydrogen-bond donors (Lipinski definition) is 2. The molecule has 25 heavy (non-hydrogen) atoms. The minimum atomic E-state index is -0.318. The second-order valence-electron chi connectivity index (χ2n) is 6.91. The number of anilines is 2. The van der Waals surface area contributed by atoms with E-state index in [9.17, 15) is 9.59 Å². The first-order valence-electron chi connectivity index (χ1n) is 8.99. The van der Waals surface area contributed by atoms with E-state index in [1.807, 2.05) is 19.1 Å². The Hall–Kier alpha value is -2.28. The molecule has 3 aliphatic heterocycles. The summed E-state index contributed by atoms with van der Waals surface area (Å²) in [7, 11) is 0. The number of carbonyl (C=O) groups excluding carboxylic acids is 2. The molecule has 7 nitrogen and oxygen atoms in total. The Morgan fingerprint density at radius 1 is 1.16 bits per heavy atom. The zero-order valence-corrected chi connectivity index (χ0v) is 14.5. The standard InChI is InChI=1S/C18H24N4O3/c1-12-11-22(15-5-6-16(23)20-18(15)24)14-4-2-3-13(17(14)25-12)21-9-7-19-8-10-21/h2-4,12,15,19H,5-11H2,1H3,(H,20,23,24). The van der Waals surface area contributed by atoms with Gasteiger partial charge in [-0.3, -0.25) is 14.9 Å². The molecule has 7 heteroatoms. The summed E-state index contributed by atoms with van der Waals surface area (Å²) in [6, 6.07) is 5.80. The number of imide groups is 1. The number of piperazine rings is 1. The highest BCUT2D eigenvalue weighted by Gasteiger charge is 2.37. The van der Waals surface area contributed by atoms with Crippen molar-refractivity contribution in [3.05, 3.63) is 18.2 Å². The second kappa shape index (κ2) is 6.55. The number of ether oxygens (including phenoxy) is 1. The summed E-state index contributed by atoms with van der Waals surface area (Å²) in [5.74, 6) is 0.467. The minimum absolute atomic E-state index is 0.0120. The summed E-state index contributed by atoms with van der Waals surface area (Å²) in [4.78, 5) is 28.3. The quantitative estimate of drug-likeness (QED) is 0.761. The van der Waals surface area contributed by atoms with Crippen molar-refractivity contribution >= 4 is 23.2 Å². The highest BCUT2D eigenvalue weighted by molar-refractivity contribution is 6.02. The topological polar surface area (TPSA) is 73.9 Å². The Balaban J connectivity index is 1.69. The number of benzene rings is 1. The molecule has 0 aromatic heterocycles. The Kier molecular flexibility index (Phi) is 4.25. The van der Waals surface area contributed by atoms with Crippen LogP contribution in [0.5, 0.6) is 5.75 Å². The second-order valence-corrected chi connectivity index (χ2v) is 6.91. The average Bonchev–Trinajstić information content (AvgIpc) is 2.61. The van der Waals surface area contributed by atoms with E-state index < -0.39 is 0 Å². The van der Waals surface area contributed by atoms with Crippen LogP contribution in [-0.4, -0.2) is 56.7 Å². The van der Waals surface area contributed by atoms with Crippen LogP contribution in [0, 0.1) is 0 Å². The van der Waals surface area contributed by atoms with E-state index in [0.717, 1.165) is 43.3 Å². The van der Waals surface area contributed by atoms with Gasteiger partial charge in [0.15, 0.2) is 5.75 Å². The van der Waals surface area contributed by atoms with Gasteiger partial charge in [-0.2, -0.15) is 0 Å². The van der Waals surface area contributed by atoms with E-state index in [1.165, 1.54) is 0 Å². The summed E-state index contributed by atoms with van der Waals surface area (Å²) in [5, 5.41) is 5.84. The van der Waals surface area contributed by atoms with Crippen LogP contribution >= 0.6 is 0 Å². The molecule has 1 aromatic rings. The summed E-state index contributed by atoms with van der Waals surface area (Å²) in [6.45, 7) is 6.45. The van der Waals surface area contributed by atoms with E-state index in [4.69, 9.17) is 4.74 Å². The van der Waals surface area contributed by atoms with Gasteiger partial charge in [0, 0.05) is 32.6 Å². The SMILES string of the molecule is CC1CN(C2CCC(=O)NC2=O)c2cccc(N3CCNCC3)c2O1. The number of nitrogens with one attached hydrogen (secondary N) is 2. The first-order valence-corrected chi connectivity index (χ1v) is 8.99. The Morgan fingerprint density at radius 3 is 2.68 bits per heavy atom. The van der Waals surface area contributed by atoms with Gasteiger partial charge in [0.05, 0.1) is 17.9 Å². The number of fused-ring (bicyclic) bond motifs is 1. The molecule has 0 aliphatic carbocycles. The van der Waals surface area contributed by atoms with Gasteiger partial charge < -0.3 is 19.9 Å². The molecule has 2 N–H and O–H groups in total. The van der Waals surface area contributed by atoms with Crippen LogP contribution < -0.4 is 25.2 Å². The number of para-hydroxylation sites is 1. The van der Waals surface area contributed by atoms with Crippen LogP contribution in [0.15, 0.2) is 18.2 Å². The molecule has 2 atom stereocenters. The van der Waals surface area contributed by atoms with Crippen molar-refractivity contribution in [1.29, 1.82) is 0 Å². The van der Waals surface area contributed by atoms with Crippen molar-refractivity contribution in [2.24, 2.45) is 0 Å². The molecule has 134 valence electrons. The molecule has 2 saturated heterocycles. The molecule has 2 fully saturated rings. The number of amides is 2. The van der Waals surface area contributed by atoms with Gasteiger partial charge in [-0.05, 0) is 25.5 Å². The van der Waals surface area contributed by atoms with E-state index in [0.29, 0.717) is 19.4 Å². The monoisotopic (exact) mass is 344 g/mol. The van der Waals surface area contributed by atoms with Crippen molar-refractivity contribution in [3.8, 4) is 5.75 Å². The fourth-order valence-corrected chi connectivity index (χ4v) is 3.90. The van der Waals surface area contributed by atoms with Crippen LogP contribution in [0.3, 0.4) is 0 Å². The normalized spacial score (nSPS) is 26.8. The highest BCUT2D eigenvalue weighted by Crippen LogP contribution is 2.43. The zero-order valence-electron chi connectivity index (χ0n) is 14.5. The molecular formula is C18H24N4O3. The lowest BCUT2D eigenvalue weighted by molar-refractivity contribution is -0.134. The largest absolute Gasteiger partial charge is 0.485 e. The first kappa shape index (κ1) is 16.2. The number of nitrogens with zero attached hydrogens (tertiary/aromatic N) is 2. The maximum Gasteiger partial charge on any atom is 0.249 e. The summed E-state index contributed by atoms with van der Waals surface area (Å²) in [6.07, 6.45) is 0.922. The van der Waals surface area contributed by atoms with Crippen LogP contribution in [0.1, 0.15) is 19.8 Å². The van der Waals surface area contributed by atoms with E-state index in [1.54, 1.807) is 0 Å². The molecule has 3 aliphatic rings. The average molecular weight is 344 g/mol. The third kappa shape index (κ3) is 3.04. The highest BCUT2D eigenvalue weighted by atomic mass is 16.5. The van der Waals surface area contributed by atoms with Crippen molar-refractivity contribution < 1.29 is 14.3 Å². The predicted molar refractivity (Wildman–Crippen MR) is 95.1 cm³/mol. The van der Waals surface area contributed by atoms with Crippen molar-refractivity contribution in [1.82, 2.24) is 10.6 Å². The Labute approximate surface area is 147 Å². The molecule has 2 amide bonds. The lowest BCUT2D eigenvalue weighted by atomic mass is 10.0. The lowest BCUT2D eigenvalue weighted by Gasteiger charge is -2.42. The molecule has 2 unspecified atom stereocenters. The van der Waals surface area contributed by atoms with Crippen molar-refractivity contribution in [3.63, 3.8) is 0 Å². The lowest BCUT2D eigenvalue weighted by Crippen LogP contribution is -2.56. The summed E-state index contributed by atoms with van der Waals surface area (Å²) in [5.41, 5.74) is 2.03.